The van der Waals surface area contributed by atoms with Gasteiger partial charge in [0.25, 0.3) is 0 Å². The maximum Gasteiger partial charge on any atom is 0.161 e. The van der Waals surface area contributed by atoms with Gasteiger partial charge < -0.3 is 14.6 Å². The molecule has 18 heavy (non-hydrogen) atoms. The van der Waals surface area contributed by atoms with E-state index in [0.717, 1.165) is 11.3 Å². The molecule has 0 fully saturated rings. The fourth-order valence-corrected chi connectivity index (χ4v) is 1.72. The van der Waals surface area contributed by atoms with E-state index < -0.39 is 0 Å². The Morgan fingerprint density at radius 3 is 2.50 bits per heavy atom. The number of aliphatic hydroxyl groups is 1. The van der Waals surface area contributed by atoms with E-state index in [2.05, 4.69) is 4.98 Å². The highest BCUT2D eigenvalue weighted by molar-refractivity contribution is 5.64. The van der Waals surface area contributed by atoms with Crippen molar-refractivity contribution in [1.82, 2.24) is 4.98 Å². The normalized spacial score (nSPS) is 10.2. The summed E-state index contributed by atoms with van der Waals surface area (Å²) in [4.78, 5) is 4.35. The molecule has 0 bridgehead atoms. The third kappa shape index (κ3) is 2.43. The maximum absolute atomic E-state index is 9.08. The molecule has 0 atom stereocenters. The summed E-state index contributed by atoms with van der Waals surface area (Å²) in [5.74, 6) is 1.34. The van der Waals surface area contributed by atoms with Crippen molar-refractivity contribution in [3.8, 4) is 22.8 Å². The number of methoxy groups -OCH3 is 2. The Hall–Kier alpha value is -2.07. The Morgan fingerprint density at radius 1 is 1.06 bits per heavy atom. The Bertz CT molecular complexity index is 540. The third-order valence-corrected chi connectivity index (χ3v) is 2.65. The van der Waals surface area contributed by atoms with Crippen LogP contribution in [0.5, 0.6) is 11.5 Å². The molecule has 1 heterocycles. The molecule has 2 rings (SSSR count). The number of aliphatic hydroxyl groups excluding tert-OH is 1. The van der Waals surface area contributed by atoms with Crippen LogP contribution in [0, 0.1) is 0 Å². The van der Waals surface area contributed by atoms with Crippen LogP contribution in [0.4, 0.5) is 0 Å². The minimum absolute atomic E-state index is 0.0683. The van der Waals surface area contributed by atoms with Gasteiger partial charge in [-0.1, -0.05) is 6.07 Å². The fourth-order valence-electron chi connectivity index (χ4n) is 1.72. The fraction of sp³-hybridized carbons (Fsp3) is 0.214. The van der Waals surface area contributed by atoms with E-state index in [4.69, 9.17) is 14.6 Å². The quantitative estimate of drug-likeness (QED) is 0.897. The predicted octanol–water partition coefficient (Wildman–Crippen LogP) is 2.26. The molecule has 1 N–H and O–H groups in total. The first-order valence-electron chi connectivity index (χ1n) is 5.57. The van der Waals surface area contributed by atoms with E-state index >= 15 is 0 Å². The lowest BCUT2D eigenvalue weighted by molar-refractivity contribution is 0.277. The van der Waals surface area contributed by atoms with Crippen molar-refractivity contribution in [2.45, 2.75) is 6.61 Å². The maximum atomic E-state index is 9.08. The lowest BCUT2D eigenvalue weighted by atomic mass is 10.1. The molecule has 0 unspecified atom stereocenters. The lowest BCUT2D eigenvalue weighted by Gasteiger charge is -2.09. The van der Waals surface area contributed by atoms with Crippen LogP contribution in [-0.2, 0) is 6.61 Å². The molecular formula is C14H15NO3. The average molecular weight is 245 g/mol. The van der Waals surface area contributed by atoms with Crippen LogP contribution in [0.15, 0.2) is 36.4 Å². The molecule has 1 aromatic carbocycles. The van der Waals surface area contributed by atoms with E-state index in [0.29, 0.717) is 17.2 Å². The molecular weight excluding hydrogens is 230 g/mol. The molecule has 0 radical (unpaired) electrons. The van der Waals surface area contributed by atoms with Gasteiger partial charge in [-0.15, -0.1) is 0 Å². The molecule has 0 amide bonds. The van der Waals surface area contributed by atoms with Crippen LogP contribution in [-0.4, -0.2) is 24.3 Å². The topological polar surface area (TPSA) is 51.6 Å². The molecule has 1 aromatic heterocycles. The summed E-state index contributed by atoms with van der Waals surface area (Å²) < 4.78 is 10.4. The van der Waals surface area contributed by atoms with Crippen molar-refractivity contribution >= 4 is 0 Å². The second kappa shape index (κ2) is 5.51. The van der Waals surface area contributed by atoms with Crippen LogP contribution >= 0.6 is 0 Å². The van der Waals surface area contributed by atoms with E-state index in [1.807, 2.05) is 30.3 Å². The van der Waals surface area contributed by atoms with E-state index in [9.17, 15) is 0 Å². The zero-order valence-electron chi connectivity index (χ0n) is 10.4. The van der Waals surface area contributed by atoms with Crippen LogP contribution < -0.4 is 9.47 Å². The smallest absolute Gasteiger partial charge is 0.161 e. The van der Waals surface area contributed by atoms with Crippen LogP contribution in [0.2, 0.25) is 0 Å². The summed E-state index contributed by atoms with van der Waals surface area (Å²) in [5, 5.41) is 9.08. The molecule has 4 nitrogen and oxygen atoms in total. The molecule has 0 saturated carbocycles. The summed E-state index contributed by atoms with van der Waals surface area (Å²) in [6, 6.07) is 11.1. The number of hydrogen-bond donors (Lipinski definition) is 1. The minimum Gasteiger partial charge on any atom is -0.493 e. The number of pyridine rings is 1. The first-order chi connectivity index (χ1) is 8.78. The van der Waals surface area contributed by atoms with Gasteiger partial charge in [-0.05, 0) is 30.3 Å². The largest absolute Gasteiger partial charge is 0.493 e. The van der Waals surface area contributed by atoms with E-state index in [-0.39, 0.29) is 6.61 Å². The second-order valence-corrected chi connectivity index (χ2v) is 3.74. The zero-order chi connectivity index (χ0) is 13.0. The van der Waals surface area contributed by atoms with Gasteiger partial charge in [0.1, 0.15) is 0 Å². The standard InChI is InChI=1S/C14H15NO3/c1-17-13-7-6-10(8-14(13)18-2)12-5-3-4-11(9-16)15-12/h3-8,16H,9H2,1-2H3. The van der Waals surface area contributed by atoms with Gasteiger partial charge >= 0.3 is 0 Å². The minimum atomic E-state index is -0.0683. The van der Waals surface area contributed by atoms with Crippen molar-refractivity contribution < 1.29 is 14.6 Å². The lowest BCUT2D eigenvalue weighted by Crippen LogP contribution is -1.93. The summed E-state index contributed by atoms with van der Waals surface area (Å²) >= 11 is 0. The molecule has 94 valence electrons. The summed E-state index contributed by atoms with van der Waals surface area (Å²) in [6.07, 6.45) is 0. The number of rotatable bonds is 4. The Kier molecular flexibility index (Phi) is 3.79. The SMILES string of the molecule is COc1ccc(-c2cccc(CO)n2)cc1OC. The third-order valence-electron chi connectivity index (χ3n) is 2.65. The van der Waals surface area contributed by atoms with Gasteiger partial charge in [0.05, 0.1) is 32.2 Å². The van der Waals surface area contributed by atoms with Crippen molar-refractivity contribution in [2.24, 2.45) is 0 Å². The average Bonchev–Trinajstić information content (AvgIpc) is 2.46. The Morgan fingerprint density at radius 2 is 1.83 bits per heavy atom. The second-order valence-electron chi connectivity index (χ2n) is 3.74. The van der Waals surface area contributed by atoms with E-state index in [1.54, 1.807) is 20.3 Å². The number of benzene rings is 1. The van der Waals surface area contributed by atoms with Crippen LogP contribution in [0.1, 0.15) is 5.69 Å². The first-order valence-corrected chi connectivity index (χ1v) is 5.57. The highest BCUT2D eigenvalue weighted by atomic mass is 16.5. The molecule has 0 saturated heterocycles. The summed E-state index contributed by atoms with van der Waals surface area (Å²) in [7, 11) is 3.20. The monoisotopic (exact) mass is 245 g/mol. The highest BCUT2D eigenvalue weighted by Gasteiger charge is 2.07. The molecule has 0 aliphatic heterocycles. The highest BCUT2D eigenvalue weighted by Crippen LogP contribution is 2.31. The number of nitrogens with zero attached hydrogens (tertiary/aromatic N) is 1. The van der Waals surface area contributed by atoms with Crippen molar-refractivity contribution in [1.29, 1.82) is 0 Å². The van der Waals surface area contributed by atoms with Crippen LogP contribution in [0.3, 0.4) is 0 Å². The van der Waals surface area contributed by atoms with Gasteiger partial charge in [0, 0.05) is 5.56 Å². The molecule has 4 heteroatoms. The van der Waals surface area contributed by atoms with Gasteiger partial charge in [0.15, 0.2) is 11.5 Å². The number of ether oxygens (including phenoxy) is 2. The summed E-state index contributed by atoms with van der Waals surface area (Å²) in [6.45, 7) is -0.0683. The molecule has 2 aromatic rings. The van der Waals surface area contributed by atoms with Crippen molar-refractivity contribution in [3.05, 3.63) is 42.1 Å². The van der Waals surface area contributed by atoms with E-state index in [1.165, 1.54) is 0 Å². The molecule has 0 aliphatic carbocycles. The Labute approximate surface area is 106 Å². The van der Waals surface area contributed by atoms with Gasteiger partial charge in [0.2, 0.25) is 0 Å². The van der Waals surface area contributed by atoms with Crippen LogP contribution in [0.25, 0.3) is 11.3 Å². The number of hydrogen-bond acceptors (Lipinski definition) is 4. The zero-order valence-corrected chi connectivity index (χ0v) is 10.4. The molecule has 0 spiro atoms. The van der Waals surface area contributed by atoms with Gasteiger partial charge in [-0.2, -0.15) is 0 Å². The predicted molar refractivity (Wildman–Crippen MR) is 68.7 cm³/mol. The Balaban J connectivity index is 2.43. The first kappa shape index (κ1) is 12.4. The van der Waals surface area contributed by atoms with Gasteiger partial charge in [-0.25, -0.2) is 0 Å². The molecule has 0 aliphatic rings. The van der Waals surface area contributed by atoms with Crippen molar-refractivity contribution in [3.63, 3.8) is 0 Å². The van der Waals surface area contributed by atoms with Crippen molar-refractivity contribution in [2.75, 3.05) is 14.2 Å². The summed E-state index contributed by atoms with van der Waals surface area (Å²) in [5.41, 5.74) is 2.35. The van der Waals surface area contributed by atoms with Gasteiger partial charge in [-0.3, -0.25) is 4.98 Å². The number of aromatic nitrogens is 1.